The minimum Gasteiger partial charge on any atom is -0.390 e. The predicted molar refractivity (Wildman–Crippen MR) is 138 cm³/mol. The Labute approximate surface area is 228 Å². The van der Waals surface area contributed by atoms with Crippen LogP contribution in [0.1, 0.15) is 35.7 Å². The summed E-state index contributed by atoms with van der Waals surface area (Å²) in [5, 5.41) is 21.0. The van der Waals surface area contributed by atoms with E-state index in [2.05, 4.69) is 11.1 Å². The number of rotatable bonds is 4. The second kappa shape index (κ2) is 7.94. The van der Waals surface area contributed by atoms with Crippen LogP contribution in [0.15, 0.2) is 59.6 Å². The number of benzene rings is 2. The van der Waals surface area contributed by atoms with Crippen molar-refractivity contribution in [1.82, 2.24) is 9.29 Å². The molecule has 7 rings (SSSR count). The highest BCUT2D eigenvalue weighted by Gasteiger charge is 2.77. The maximum Gasteiger partial charge on any atom is 0.269 e. The van der Waals surface area contributed by atoms with Gasteiger partial charge in [-0.1, -0.05) is 12.1 Å². The first-order chi connectivity index (χ1) is 19.0. The van der Waals surface area contributed by atoms with Crippen LogP contribution in [0.5, 0.6) is 0 Å². The van der Waals surface area contributed by atoms with E-state index in [0.717, 1.165) is 9.21 Å². The van der Waals surface area contributed by atoms with Gasteiger partial charge >= 0.3 is 0 Å². The molecule has 0 spiro atoms. The normalized spacial score (nSPS) is 31.6. The standard InChI is InChI=1S/C28H22N4O7S/c1-27-20(33)13-28(39-27,10-12-31-24(34)17-5-2-3-7-19(17)40(31,37)38)22-21(27)25(35)32(26(22)36)18-9-8-15(14-29)23-16(18)6-4-11-30-23/h2-9,11,20-22,33H,10,12-13H2,1H3/t20-,21-,22+,27?,28?/m1/s1. The van der Waals surface area contributed by atoms with E-state index in [1.807, 2.05) is 0 Å². The van der Waals surface area contributed by atoms with Crippen LogP contribution in [0.4, 0.5) is 5.69 Å². The Bertz CT molecular complexity index is 1840. The van der Waals surface area contributed by atoms with Crippen molar-refractivity contribution in [2.75, 3.05) is 11.4 Å². The Morgan fingerprint density at radius 2 is 1.85 bits per heavy atom. The molecular formula is C28H22N4O7S. The summed E-state index contributed by atoms with van der Waals surface area (Å²) >= 11 is 0. The van der Waals surface area contributed by atoms with Gasteiger partial charge in [0.1, 0.15) is 16.6 Å². The van der Waals surface area contributed by atoms with E-state index in [4.69, 9.17) is 4.74 Å². The van der Waals surface area contributed by atoms with Gasteiger partial charge in [-0.3, -0.25) is 19.4 Å². The Hall–Kier alpha value is -4.18. The molecule has 2 bridgehead atoms. The van der Waals surface area contributed by atoms with Crippen LogP contribution in [0.2, 0.25) is 0 Å². The third kappa shape index (κ3) is 2.91. The number of aromatic nitrogens is 1. The number of aliphatic hydroxyl groups excluding tert-OH is 1. The van der Waals surface area contributed by atoms with Crippen LogP contribution >= 0.6 is 0 Å². The van der Waals surface area contributed by atoms with E-state index in [-0.39, 0.29) is 35.5 Å². The minimum atomic E-state index is -4.10. The first kappa shape index (κ1) is 24.8. The molecule has 2 aromatic carbocycles. The highest BCUT2D eigenvalue weighted by molar-refractivity contribution is 7.90. The van der Waals surface area contributed by atoms with Gasteiger partial charge in [-0.25, -0.2) is 17.6 Å². The van der Waals surface area contributed by atoms with Gasteiger partial charge in [0.25, 0.3) is 15.9 Å². The largest absolute Gasteiger partial charge is 0.390 e. The summed E-state index contributed by atoms with van der Waals surface area (Å²) in [7, 11) is -4.10. The van der Waals surface area contributed by atoms with Crippen molar-refractivity contribution in [2.45, 2.75) is 42.0 Å². The van der Waals surface area contributed by atoms with Crippen molar-refractivity contribution in [2.24, 2.45) is 11.8 Å². The van der Waals surface area contributed by atoms with Crippen LogP contribution in [-0.4, -0.2) is 64.4 Å². The Balaban J connectivity index is 1.27. The number of pyridine rings is 1. The summed E-state index contributed by atoms with van der Waals surface area (Å²) in [6, 6.07) is 14.3. The molecule has 3 aromatic rings. The number of amides is 3. The predicted octanol–water partition coefficient (Wildman–Crippen LogP) is 1.74. The third-order valence-corrected chi connectivity index (χ3v) is 10.7. The van der Waals surface area contributed by atoms with Crippen molar-refractivity contribution in [3.63, 3.8) is 0 Å². The number of hydrogen-bond acceptors (Lipinski definition) is 9. The highest BCUT2D eigenvalue weighted by Crippen LogP contribution is 2.62. The van der Waals surface area contributed by atoms with Crippen molar-refractivity contribution in [1.29, 1.82) is 5.26 Å². The lowest BCUT2D eigenvalue weighted by Crippen LogP contribution is -2.50. The zero-order valence-corrected chi connectivity index (χ0v) is 22.0. The number of ether oxygens (including phenoxy) is 1. The number of sulfonamides is 1. The van der Waals surface area contributed by atoms with E-state index in [9.17, 15) is 33.2 Å². The number of aliphatic hydroxyl groups is 1. The van der Waals surface area contributed by atoms with Crippen LogP contribution in [0.3, 0.4) is 0 Å². The van der Waals surface area contributed by atoms with Crippen molar-refractivity contribution in [3.8, 4) is 6.07 Å². The molecule has 0 saturated carbocycles. The molecule has 40 heavy (non-hydrogen) atoms. The molecule has 1 N–H and O–H groups in total. The van der Waals surface area contributed by atoms with Gasteiger partial charge in [-0.2, -0.15) is 5.26 Å². The van der Waals surface area contributed by atoms with Gasteiger partial charge in [0.15, 0.2) is 0 Å². The number of nitrogens with zero attached hydrogens (tertiary/aromatic N) is 4. The van der Waals surface area contributed by atoms with E-state index in [0.29, 0.717) is 16.5 Å². The molecule has 5 heterocycles. The molecule has 0 aliphatic carbocycles. The molecule has 0 radical (unpaired) electrons. The summed E-state index contributed by atoms with van der Waals surface area (Å²) in [6.07, 6.45) is 0.347. The number of carbonyl (C=O) groups is 3. The highest BCUT2D eigenvalue weighted by atomic mass is 32.2. The Kier molecular flexibility index (Phi) is 4.93. The van der Waals surface area contributed by atoms with Crippen molar-refractivity contribution in [3.05, 3.63) is 65.9 Å². The molecular weight excluding hydrogens is 536 g/mol. The molecule has 3 amide bonds. The molecule has 5 atom stereocenters. The lowest BCUT2D eigenvalue weighted by atomic mass is 9.66. The Morgan fingerprint density at radius 3 is 2.60 bits per heavy atom. The van der Waals surface area contributed by atoms with Gasteiger partial charge in [-0.15, -0.1) is 0 Å². The molecule has 12 heteroatoms. The average molecular weight is 559 g/mol. The molecule has 4 aliphatic rings. The molecule has 11 nitrogen and oxygen atoms in total. The third-order valence-electron chi connectivity index (χ3n) is 8.87. The summed E-state index contributed by atoms with van der Waals surface area (Å²) in [6.45, 7) is 1.30. The number of carbonyl (C=O) groups excluding carboxylic acids is 3. The minimum absolute atomic E-state index is 0.00221. The summed E-state index contributed by atoms with van der Waals surface area (Å²) in [5.74, 6) is -3.78. The monoisotopic (exact) mass is 558 g/mol. The summed E-state index contributed by atoms with van der Waals surface area (Å²) in [4.78, 5) is 46.2. The fourth-order valence-corrected chi connectivity index (χ4v) is 8.62. The van der Waals surface area contributed by atoms with Gasteiger partial charge in [0.2, 0.25) is 11.8 Å². The first-order valence-corrected chi connectivity index (χ1v) is 14.2. The lowest BCUT2D eigenvalue weighted by Gasteiger charge is -2.34. The van der Waals surface area contributed by atoms with Crippen LogP contribution < -0.4 is 4.90 Å². The zero-order chi connectivity index (χ0) is 28.2. The number of imide groups is 1. The van der Waals surface area contributed by atoms with Gasteiger partial charge in [0, 0.05) is 24.5 Å². The van der Waals surface area contributed by atoms with E-state index in [1.54, 1.807) is 25.1 Å². The number of hydrogen-bond donors (Lipinski definition) is 1. The molecule has 3 fully saturated rings. The molecule has 202 valence electrons. The van der Waals surface area contributed by atoms with Crippen molar-refractivity contribution < 1.29 is 32.6 Å². The quantitative estimate of drug-likeness (QED) is 0.471. The molecule has 3 saturated heterocycles. The van der Waals surface area contributed by atoms with Crippen LogP contribution in [0, 0.1) is 23.2 Å². The van der Waals surface area contributed by atoms with Crippen LogP contribution in [-0.2, 0) is 24.3 Å². The SMILES string of the molecule is CC12OC(CCN3C(=O)c4ccccc4S3(=O)=O)(C[C@H]1O)[C@@H]1C(=O)N(c3ccc(C#N)c4ncccc34)C(=O)[C@@H]12. The first-order valence-electron chi connectivity index (χ1n) is 12.8. The Morgan fingerprint density at radius 1 is 1.10 bits per heavy atom. The van der Waals surface area contributed by atoms with Crippen molar-refractivity contribution >= 4 is 44.3 Å². The second-order valence-electron chi connectivity index (χ2n) is 10.8. The zero-order valence-electron chi connectivity index (χ0n) is 21.1. The molecule has 1 aromatic heterocycles. The van der Waals surface area contributed by atoms with Gasteiger partial charge in [-0.05, 0) is 49.7 Å². The number of nitriles is 1. The van der Waals surface area contributed by atoms with E-state index < -0.39 is 56.9 Å². The maximum absolute atomic E-state index is 14.1. The number of fused-ring (bicyclic) bond motifs is 7. The number of anilines is 1. The maximum atomic E-state index is 14.1. The fourth-order valence-electron chi connectivity index (χ4n) is 7.05. The van der Waals surface area contributed by atoms with Gasteiger partial charge < -0.3 is 9.84 Å². The van der Waals surface area contributed by atoms with Gasteiger partial charge in [0.05, 0.1) is 45.9 Å². The fraction of sp³-hybridized carbons (Fsp3) is 0.321. The second-order valence-corrected chi connectivity index (χ2v) is 12.6. The lowest BCUT2D eigenvalue weighted by molar-refractivity contribution is -0.133. The summed E-state index contributed by atoms with van der Waals surface area (Å²) < 4.78 is 33.4. The molecule has 4 aliphatic heterocycles. The topological polar surface area (TPSA) is 158 Å². The molecule has 2 unspecified atom stereocenters. The van der Waals surface area contributed by atoms with Crippen LogP contribution in [0.25, 0.3) is 10.9 Å². The van der Waals surface area contributed by atoms with E-state index >= 15 is 0 Å². The van der Waals surface area contributed by atoms with E-state index in [1.165, 1.54) is 36.5 Å². The summed E-state index contributed by atoms with van der Waals surface area (Å²) in [5.41, 5.74) is -1.78. The average Bonchev–Trinajstić information content (AvgIpc) is 3.54. The smallest absolute Gasteiger partial charge is 0.269 e.